The first kappa shape index (κ1) is 16.5. The second kappa shape index (κ2) is 7.88. The zero-order valence-electron chi connectivity index (χ0n) is 11.5. The summed E-state index contributed by atoms with van der Waals surface area (Å²) in [6.07, 6.45) is 3.04. The lowest BCUT2D eigenvalue weighted by atomic mass is 9.89. The first-order valence-electron chi connectivity index (χ1n) is 6.55. The number of thiophene rings is 1. The van der Waals surface area contributed by atoms with Crippen molar-refractivity contribution in [3.05, 3.63) is 21.3 Å². The third-order valence-electron chi connectivity index (χ3n) is 3.01. The lowest BCUT2D eigenvalue weighted by Crippen LogP contribution is -2.26. The van der Waals surface area contributed by atoms with Crippen LogP contribution < -0.4 is 5.32 Å². The Bertz CT molecular complexity index is 404. The van der Waals surface area contributed by atoms with Gasteiger partial charge in [0.15, 0.2) is 0 Å². The highest BCUT2D eigenvalue weighted by Gasteiger charge is 2.15. The van der Waals surface area contributed by atoms with Crippen molar-refractivity contribution in [3.8, 4) is 0 Å². The number of hydrogen-bond acceptors (Lipinski definition) is 3. The van der Waals surface area contributed by atoms with Crippen molar-refractivity contribution in [2.75, 3.05) is 13.2 Å². The molecule has 1 amide bonds. The molecule has 0 aliphatic carbocycles. The van der Waals surface area contributed by atoms with E-state index in [1.165, 1.54) is 11.3 Å². The summed E-state index contributed by atoms with van der Waals surface area (Å²) in [4.78, 5) is 12.8. The van der Waals surface area contributed by atoms with Crippen LogP contribution in [0.15, 0.2) is 12.1 Å². The quantitative estimate of drug-likeness (QED) is 0.724. The lowest BCUT2D eigenvalue weighted by molar-refractivity contribution is -0.121. The van der Waals surface area contributed by atoms with Crippen molar-refractivity contribution in [1.82, 2.24) is 5.32 Å². The molecule has 1 heterocycles. The van der Waals surface area contributed by atoms with Crippen LogP contribution in [0.25, 0.3) is 0 Å². The van der Waals surface area contributed by atoms with Gasteiger partial charge >= 0.3 is 0 Å². The Balaban J connectivity index is 2.11. The summed E-state index contributed by atoms with van der Waals surface area (Å²) in [7, 11) is 0. The Morgan fingerprint density at radius 1 is 1.47 bits per heavy atom. The summed E-state index contributed by atoms with van der Waals surface area (Å²) in [5, 5.41) is 12.0. The molecule has 3 nitrogen and oxygen atoms in total. The van der Waals surface area contributed by atoms with Gasteiger partial charge in [-0.25, -0.2) is 0 Å². The van der Waals surface area contributed by atoms with Gasteiger partial charge in [-0.15, -0.1) is 11.3 Å². The number of rotatable bonds is 8. The third-order valence-corrected chi connectivity index (χ3v) is 4.30. The van der Waals surface area contributed by atoms with E-state index in [1.807, 2.05) is 26.0 Å². The Kier molecular flexibility index (Phi) is 6.83. The monoisotopic (exact) mass is 303 g/mol. The van der Waals surface area contributed by atoms with Crippen LogP contribution in [-0.2, 0) is 11.2 Å². The van der Waals surface area contributed by atoms with Crippen molar-refractivity contribution in [3.63, 3.8) is 0 Å². The molecule has 1 aromatic rings. The molecule has 0 aliphatic heterocycles. The Labute approximate surface area is 124 Å². The van der Waals surface area contributed by atoms with Crippen LogP contribution in [0.2, 0.25) is 4.34 Å². The van der Waals surface area contributed by atoms with Crippen molar-refractivity contribution in [2.45, 2.75) is 39.5 Å². The minimum atomic E-state index is -0.0571. The number of aliphatic hydroxyl groups excluding tert-OH is 1. The molecular formula is C14H22ClNO2S. The van der Waals surface area contributed by atoms with Gasteiger partial charge in [0.2, 0.25) is 5.91 Å². The number of hydrogen-bond donors (Lipinski definition) is 2. The van der Waals surface area contributed by atoms with Crippen LogP contribution in [0.4, 0.5) is 0 Å². The van der Waals surface area contributed by atoms with Crippen LogP contribution in [-0.4, -0.2) is 24.2 Å². The maximum Gasteiger partial charge on any atom is 0.220 e. The van der Waals surface area contributed by atoms with Crippen molar-refractivity contribution < 1.29 is 9.90 Å². The van der Waals surface area contributed by atoms with Crippen molar-refractivity contribution in [1.29, 1.82) is 0 Å². The summed E-state index contributed by atoms with van der Waals surface area (Å²) in [5.41, 5.74) is -0.0571. The molecule has 0 saturated heterocycles. The van der Waals surface area contributed by atoms with Crippen molar-refractivity contribution >= 4 is 28.8 Å². The molecule has 108 valence electrons. The van der Waals surface area contributed by atoms with E-state index in [4.69, 9.17) is 16.7 Å². The summed E-state index contributed by atoms with van der Waals surface area (Å²) in [5.74, 6) is 0.0753. The molecule has 0 spiro atoms. The maximum atomic E-state index is 11.6. The standard InChI is InChI=1S/C14H22ClNO2S/c1-14(2,10-17)8-3-9-16-13(18)7-5-11-4-6-12(15)19-11/h4,6,17H,3,5,7-10H2,1-2H3,(H,16,18). The molecule has 0 radical (unpaired) electrons. The average molecular weight is 304 g/mol. The number of carbonyl (C=O) groups excluding carboxylic acids is 1. The van der Waals surface area contributed by atoms with Crippen molar-refractivity contribution in [2.24, 2.45) is 5.41 Å². The van der Waals surface area contributed by atoms with Gasteiger partial charge in [-0.3, -0.25) is 4.79 Å². The van der Waals surface area contributed by atoms with Gasteiger partial charge in [0.1, 0.15) is 0 Å². The largest absolute Gasteiger partial charge is 0.396 e. The highest BCUT2D eigenvalue weighted by Crippen LogP contribution is 2.22. The summed E-state index contributed by atoms with van der Waals surface area (Å²) in [6, 6.07) is 3.82. The predicted octanol–water partition coefficient (Wildman–Crippen LogP) is 3.25. The molecule has 0 aromatic carbocycles. The molecule has 1 aromatic heterocycles. The van der Waals surface area contributed by atoms with Gasteiger partial charge in [0, 0.05) is 24.4 Å². The SMILES string of the molecule is CC(C)(CO)CCCNC(=O)CCc1ccc(Cl)s1. The van der Waals surface area contributed by atoms with Crippen LogP contribution in [0.1, 0.15) is 38.0 Å². The fraction of sp³-hybridized carbons (Fsp3) is 0.643. The summed E-state index contributed by atoms with van der Waals surface area (Å²) >= 11 is 7.35. The molecule has 5 heteroatoms. The average Bonchev–Trinajstić information content (AvgIpc) is 2.78. The van der Waals surface area contributed by atoms with Crippen LogP contribution in [0, 0.1) is 5.41 Å². The van der Waals surface area contributed by atoms with E-state index < -0.39 is 0 Å². The van der Waals surface area contributed by atoms with Crippen LogP contribution in [0.5, 0.6) is 0 Å². The maximum absolute atomic E-state index is 11.6. The molecule has 0 saturated carbocycles. The normalized spacial score (nSPS) is 11.6. The number of carbonyl (C=O) groups is 1. The summed E-state index contributed by atoms with van der Waals surface area (Å²) in [6.45, 7) is 4.90. The van der Waals surface area contributed by atoms with Gasteiger partial charge in [-0.05, 0) is 36.8 Å². The second-order valence-electron chi connectivity index (χ2n) is 5.48. The molecule has 0 unspecified atom stereocenters. The first-order chi connectivity index (χ1) is 8.93. The smallest absolute Gasteiger partial charge is 0.220 e. The zero-order chi connectivity index (χ0) is 14.3. The van der Waals surface area contributed by atoms with Crippen LogP contribution >= 0.6 is 22.9 Å². The molecule has 2 N–H and O–H groups in total. The highest BCUT2D eigenvalue weighted by atomic mass is 35.5. The van der Waals surface area contributed by atoms with Gasteiger partial charge in [-0.2, -0.15) is 0 Å². The van der Waals surface area contributed by atoms with Crippen LogP contribution in [0.3, 0.4) is 0 Å². The van der Waals surface area contributed by atoms with E-state index >= 15 is 0 Å². The molecule has 0 bridgehead atoms. The van der Waals surface area contributed by atoms with Gasteiger partial charge in [0.05, 0.1) is 4.34 Å². The fourth-order valence-electron chi connectivity index (χ4n) is 1.69. The second-order valence-corrected chi connectivity index (χ2v) is 7.28. The van der Waals surface area contributed by atoms with Gasteiger partial charge < -0.3 is 10.4 Å². The number of aryl methyl sites for hydroxylation is 1. The molecule has 19 heavy (non-hydrogen) atoms. The number of nitrogens with one attached hydrogen (secondary N) is 1. The van der Waals surface area contributed by atoms with Gasteiger partial charge in [0.25, 0.3) is 0 Å². The first-order valence-corrected chi connectivity index (χ1v) is 7.74. The Morgan fingerprint density at radius 2 is 2.21 bits per heavy atom. The number of halogens is 1. The molecule has 1 rings (SSSR count). The fourth-order valence-corrected chi connectivity index (χ4v) is 2.77. The van der Waals surface area contributed by atoms with E-state index in [-0.39, 0.29) is 17.9 Å². The number of aliphatic hydroxyl groups is 1. The topological polar surface area (TPSA) is 49.3 Å². The zero-order valence-corrected chi connectivity index (χ0v) is 13.1. The van der Waals surface area contributed by atoms with Gasteiger partial charge in [-0.1, -0.05) is 25.4 Å². The Morgan fingerprint density at radius 3 is 2.79 bits per heavy atom. The van der Waals surface area contributed by atoms with E-state index in [2.05, 4.69) is 5.32 Å². The molecular weight excluding hydrogens is 282 g/mol. The van der Waals surface area contributed by atoms with E-state index in [0.717, 1.165) is 28.5 Å². The van der Waals surface area contributed by atoms with E-state index in [0.29, 0.717) is 13.0 Å². The Hall–Kier alpha value is -0.580. The third kappa shape index (κ3) is 6.95. The molecule has 0 fully saturated rings. The predicted molar refractivity (Wildman–Crippen MR) is 80.8 cm³/mol. The number of amides is 1. The van der Waals surface area contributed by atoms with E-state index in [1.54, 1.807) is 0 Å². The minimum absolute atomic E-state index is 0.0571. The minimum Gasteiger partial charge on any atom is -0.396 e. The molecule has 0 atom stereocenters. The van der Waals surface area contributed by atoms with E-state index in [9.17, 15) is 4.79 Å². The highest BCUT2D eigenvalue weighted by molar-refractivity contribution is 7.16. The summed E-state index contributed by atoms with van der Waals surface area (Å²) < 4.78 is 0.765. The molecule has 0 aliphatic rings. The lowest BCUT2D eigenvalue weighted by Gasteiger charge is -2.21.